The summed E-state index contributed by atoms with van der Waals surface area (Å²) in [7, 11) is 1.63. The van der Waals surface area contributed by atoms with Gasteiger partial charge in [-0.15, -0.1) is 0 Å². The summed E-state index contributed by atoms with van der Waals surface area (Å²) in [5.41, 5.74) is 3.54. The second kappa shape index (κ2) is 8.74. The van der Waals surface area contributed by atoms with Crippen molar-refractivity contribution in [3.8, 4) is 17.5 Å². The Labute approximate surface area is 164 Å². The summed E-state index contributed by atoms with van der Waals surface area (Å²) in [6.07, 6.45) is 6.13. The number of rotatable bonds is 6. The van der Waals surface area contributed by atoms with Gasteiger partial charge in [-0.05, 0) is 60.0 Å². The van der Waals surface area contributed by atoms with Crippen LogP contribution in [0, 0.1) is 11.3 Å². The maximum absolute atomic E-state index is 12.5. The third kappa shape index (κ3) is 4.30. The Morgan fingerprint density at radius 1 is 1.18 bits per heavy atom. The van der Waals surface area contributed by atoms with Gasteiger partial charge in [0.1, 0.15) is 17.4 Å². The lowest BCUT2D eigenvalue weighted by Crippen LogP contribution is -2.14. The molecule has 1 aromatic heterocycles. The van der Waals surface area contributed by atoms with Crippen LogP contribution in [0.25, 0.3) is 11.8 Å². The average molecular weight is 371 g/mol. The monoisotopic (exact) mass is 371 g/mol. The molecule has 0 fully saturated rings. The predicted octanol–water partition coefficient (Wildman–Crippen LogP) is 4.59. The number of carbonyl (C=O) groups is 1. The molecule has 0 atom stereocenters. The lowest BCUT2D eigenvalue weighted by Gasteiger charge is -2.08. The fraction of sp³-hybridized carbons (Fsp3) is 0.130. The van der Waals surface area contributed by atoms with Crippen LogP contribution in [0.2, 0.25) is 0 Å². The number of hydrogen-bond acceptors (Lipinski definition) is 3. The topological polar surface area (TPSA) is 67.0 Å². The lowest BCUT2D eigenvalue weighted by atomic mass is 10.1. The molecule has 0 saturated carbocycles. The molecule has 0 radical (unpaired) electrons. The fourth-order valence-electron chi connectivity index (χ4n) is 2.87. The normalized spacial score (nSPS) is 11.0. The predicted molar refractivity (Wildman–Crippen MR) is 110 cm³/mol. The second-order valence-electron chi connectivity index (χ2n) is 6.18. The van der Waals surface area contributed by atoms with Crippen LogP contribution in [-0.2, 0) is 11.2 Å². The molecule has 2 aromatic carbocycles. The molecule has 1 N–H and O–H groups in total. The van der Waals surface area contributed by atoms with Gasteiger partial charge in [-0.25, -0.2) is 0 Å². The van der Waals surface area contributed by atoms with Gasteiger partial charge in [0.15, 0.2) is 0 Å². The van der Waals surface area contributed by atoms with Crippen LogP contribution in [0.1, 0.15) is 18.1 Å². The van der Waals surface area contributed by atoms with E-state index in [1.54, 1.807) is 13.2 Å². The van der Waals surface area contributed by atoms with Gasteiger partial charge in [0, 0.05) is 23.8 Å². The fourth-order valence-corrected chi connectivity index (χ4v) is 2.87. The minimum Gasteiger partial charge on any atom is -0.497 e. The standard InChI is InChI=1S/C23H21N3O2/c1-3-18-6-4-5-7-22(18)25-23(27)19(15-24)14-17-12-13-26(16-17)20-8-10-21(28-2)11-9-20/h4-14,16H,3H2,1-2H3,(H,25,27)/b19-14+. The number of aryl methyl sites for hydroxylation is 1. The summed E-state index contributed by atoms with van der Waals surface area (Å²) in [5, 5.41) is 12.3. The molecular formula is C23H21N3O2. The number of methoxy groups -OCH3 is 1. The minimum absolute atomic E-state index is 0.0541. The van der Waals surface area contributed by atoms with Crippen LogP contribution >= 0.6 is 0 Å². The first-order valence-corrected chi connectivity index (χ1v) is 8.98. The molecule has 0 aliphatic heterocycles. The molecule has 5 nitrogen and oxygen atoms in total. The zero-order valence-electron chi connectivity index (χ0n) is 15.8. The van der Waals surface area contributed by atoms with E-state index in [1.165, 1.54) is 0 Å². The average Bonchev–Trinajstić information content (AvgIpc) is 3.21. The zero-order valence-corrected chi connectivity index (χ0v) is 15.8. The summed E-state index contributed by atoms with van der Waals surface area (Å²) >= 11 is 0. The summed E-state index contributed by atoms with van der Waals surface area (Å²) in [5.74, 6) is 0.368. The van der Waals surface area contributed by atoms with Crippen molar-refractivity contribution in [3.63, 3.8) is 0 Å². The quantitative estimate of drug-likeness (QED) is 0.509. The van der Waals surface area contributed by atoms with Gasteiger partial charge in [0.25, 0.3) is 5.91 Å². The van der Waals surface area contributed by atoms with Crippen LogP contribution in [0.15, 0.2) is 72.6 Å². The number of ether oxygens (including phenoxy) is 1. The molecular weight excluding hydrogens is 350 g/mol. The number of nitriles is 1. The first-order chi connectivity index (χ1) is 13.6. The second-order valence-corrected chi connectivity index (χ2v) is 6.18. The van der Waals surface area contributed by atoms with E-state index in [9.17, 15) is 10.1 Å². The van der Waals surface area contributed by atoms with Crippen molar-refractivity contribution in [2.45, 2.75) is 13.3 Å². The van der Waals surface area contributed by atoms with E-state index in [-0.39, 0.29) is 5.57 Å². The van der Waals surface area contributed by atoms with Crippen LogP contribution in [0.3, 0.4) is 0 Å². The number of amides is 1. The van der Waals surface area contributed by atoms with Gasteiger partial charge in [-0.1, -0.05) is 25.1 Å². The van der Waals surface area contributed by atoms with E-state index >= 15 is 0 Å². The highest BCUT2D eigenvalue weighted by atomic mass is 16.5. The molecule has 1 amide bonds. The molecule has 3 rings (SSSR count). The molecule has 1 heterocycles. The number of nitrogens with zero attached hydrogens (tertiary/aromatic N) is 2. The molecule has 0 saturated heterocycles. The van der Waals surface area contributed by atoms with Crippen LogP contribution in [-0.4, -0.2) is 17.6 Å². The smallest absolute Gasteiger partial charge is 0.266 e. The number of benzene rings is 2. The number of anilines is 1. The Morgan fingerprint density at radius 2 is 1.93 bits per heavy atom. The van der Waals surface area contributed by atoms with Crippen molar-refractivity contribution < 1.29 is 9.53 Å². The highest BCUT2D eigenvalue weighted by molar-refractivity contribution is 6.09. The van der Waals surface area contributed by atoms with E-state index < -0.39 is 5.91 Å². The Kier molecular flexibility index (Phi) is 5.93. The van der Waals surface area contributed by atoms with Crippen molar-refractivity contribution in [2.24, 2.45) is 0 Å². The lowest BCUT2D eigenvalue weighted by molar-refractivity contribution is -0.112. The highest BCUT2D eigenvalue weighted by Gasteiger charge is 2.11. The van der Waals surface area contributed by atoms with Crippen LogP contribution in [0.5, 0.6) is 5.75 Å². The number of nitrogens with one attached hydrogen (secondary N) is 1. The molecule has 28 heavy (non-hydrogen) atoms. The number of hydrogen-bond donors (Lipinski definition) is 1. The Morgan fingerprint density at radius 3 is 2.61 bits per heavy atom. The van der Waals surface area contributed by atoms with Gasteiger partial charge in [-0.2, -0.15) is 5.26 Å². The third-order valence-corrected chi connectivity index (χ3v) is 4.41. The highest BCUT2D eigenvalue weighted by Crippen LogP contribution is 2.19. The summed E-state index contributed by atoms with van der Waals surface area (Å²) < 4.78 is 7.09. The first-order valence-electron chi connectivity index (χ1n) is 8.98. The molecule has 0 aliphatic carbocycles. The minimum atomic E-state index is -0.416. The van der Waals surface area contributed by atoms with Gasteiger partial charge in [0.05, 0.1) is 7.11 Å². The number of para-hydroxylation sites is 1. The van der Waals surface area contributed by atoms with E-state index in [2.05, 4.69) is 5.32 Å². The molecule has 140 valence electrons. The van der Waals surface area contributed by atoms with Crippen LogP contribution in [0.4, 0.5) is 5.69 Å². The Hall–Kier alpha value is -3.78. The Bertz CT molecular complexity index is 1040. The maximum Gasteiger partial charge on any atom is 0.266 e. The first kappa shape index (κ1) is 19.0. The third-order valence-electron chi connectivity index (χ3n) is 4.41. The Balaban J connectivity index is 1.80. The molecule has 5 heteroatoms. The number of aromatic nitrogens is 1. The molecule has 0 aliphatic rings. The summed E-state index contributed by atoms with van der Waals surface area (Å²) in [4.78, 5) is 12.5. The van der Waals surface area contributed by atoms with Crippen molar-refractivity contribution in [1.82, 2.24) is 4.57 Å². The van der Waals surface area contributed by atoms with E-state index in [0.29, 0.717) is 0 Å². The molecule has 0 bridgehead atoms. The van der Waals surface area contributed by atoms with Gasteiger partial charge in [-0.3, -0.25) is 4.79 Å². The SMILES string of the molecule is CCc1ccccc1NC(=O)/C(C#N)=C/c1ccn(-c2ccc(OC)cc2)c1. The largest absolute Gasteiger partial charge is 0.497 e. The zero-order chi connectivity index (χ0) is 19.9. The number of carbonyl (C=O) groups excluding carboxylic acids is 1. The van der Waals surface area contributed by atoms with Crippen molar-refractivity contribution in [3.05, 3.63) is 83.7 Å². The van der Waals surface area contributed by atoms with Crippen molar-refractivity contribution in [1.29, 1.82) is 5.26 Å². The van der Waals surface area contributed by atoms with Gasteiger partial charge >= 0.3 is 0 Å². The van der Waals surface area contributed by atoms with Crippen molar-refractivity contribution in [2.75, 3.05) is 12.4 Å². The molecule has 0 spiro atoms. The van der Waals surface area contributed by atoms with Gasteiger partial charge in [0.2, 0.25) is 0 Å². The van der Waals surface area contributed by atoms with Gasteiger partial charge < -0.3 is 14.6 Å². The van der Waals surface area contributed by atoms with E-state index in [1.807, 2.05) is 84.6 Å². The summed E-state index contributed by atoms with van der Waals surface area (Å²) in [6, 6.07) is 19.1. The molecule has 0 unspecified atom stereocenters. The maximum atomic E-state index is 12.5. The molecule has 3 aromatic rings. The summed E-state index contributed by atoms with van der Waals surface area (Å²) in [6.45, 7) is 2.02. The van der Waals surface area contributed by atoms with Crippen LogP contribution < -0.4 is 10.1 Å². The van der Waals surface area contributed by atoms with E-state index in [4.69, 9.17) is 4.74 Å². The van der Waals surface area contributed by atoms with E-state index in [0.717, 1.165) is 34.7 Å². The van der Waals surface area contributed by atoms with Crippen molar-refractivity contribution >= 4 is 17.7 Å².